The molecule has 0 aliphatic heterocycles. The first-order chi connectivity index (χ1) is 9.33. The molecule has 116 valence electrons. The summed E-state index contributed by atoms with van der Waals surface area (Å²) in [6.07, 6.45) is -0.0794. The Kier molecular flexibility index (Phi) is 8.17. The van der Waals surface area contributed by atoms with Crippen LogP contribution in [0.15, 0.2) is 18.2 Å². The molecule has 1 unspecified atom stereocenters. The monoisotopic (exact) mass is 288 g/mol. The number of benzene rings is 1. The van der Waals surface area contributed by atoms with Crippen molar-refractivity contribution < 1.29 is 30.6 Å². The van der Waals surface area contributed by atoms with E-state index in [9.17, 15) is 0 Å². The number of aliphatic hydroxyl groups is 4. The summed E-state index contributed by atoms with van der Waals surface area (Å²) < 4.78 is 0. The van der Waals surface area contributed by atoms with E-state index in [-0.39, 0.29) is 31.3 Å². The van der Waals surface area contributed by atoms with Crippen LogP contribution in [-0.4, -0.2) is 50.5 Å². The Bertz CT molecular complexity index is 349. The first-order valence-electron chi connectivity index (χ1n) is 6.37. The molecular weight excluding hydrogens is 264 g/mol. The number of hydrogen-bond donors (Lipinski definition) is 6. The summed E-state index contributed by atoms with van der Waals surface area (Å²) >= 11 is 0. The lowest BCUT2D eigenvalue weighted by Crippen LogP contribution is -2.32. The molecule has 0 aliphatic rings. The first kappa shape index (κ1) is 18.7. The molecule has 20 heavy (non-hydrogen) atoms. The highest BCUT2D eigenvalue weighted by molar-refractivity contribution is 5.37. The van der Waals surface area contributed by atoms with Crippen molar-refractivity contribution in [2.75, 3.05) is 19.8 Å². The minimum Gasteiger partial charge on any atom is -0.508 e. The molecule has 0 radical (unpaired) electrons. The van der Waals surface area contributed by atoms with Gasteiger partial charge in [-0.15, -0.1) is 0 Å². The molecule has 6 heteroatoms. The molecule has 1 rings (SSSR count). The highest BCUT2D eigenvalue weighted by Crippen LogP contribution is 2.24. The van der Waals surface area contributed by atoms with E-state index < -0.39 is 11.5 Å². The van der Waals surface area contributed by atoms with Gasteiger partial charge in [0.2, 0.25) is 0 Å². The zero-order chi connectivity index (χ0) is 15.8. The minimum atomic E-state index is -0.673. The number of rotatable bonds is 5. The van der Waals surface area contributed by atoms with Gasteiger partial charge >= 0.3 is 0 Å². The Labute approximate surface area is 118 Å². The lowest BCUT2D eigenvalue weighted by atomic mass is 9.88. The van der Waals surface area contributed by atoms with E-state index in [1.165, 1.54) is 18.2 Å². The highest BCUT2D eigenvalue weighted by Gasteiger charge is 2.24. The molecule has 0 aliphatic carbocycles. The molecule has 0 bridgehead atoms. The van der Waals surface area contributed by atoms with Crippen LogP contribution >= 0.6 is 0 Å². The number of phenolic OH excluding ortho intramolecular Hbond substituents is 2. The van der Waals surface area contributed by atoms with Gasteiger partial charge < -0.3 is 30.6 Å². The molecule has 1 aromatic carbocycles. The molecule has 0 spiro atoms. The van der Waals surface area contributed by atoms with Crippen molar-refractivity contribution in [3.8, 4) is 11.5 Å². The average Bonchev–Trinajstić information content (AvgIpc) is 2.41. The predicted molar refractivity (Wildman–Crippen MR) is 74.4 cm³/mol. The van der Waals surface area contributed by atoms with Crippen molar-refractivity contribution >= 4 is 0 Å². The minimum absolute atomic E-state index is 0.0408. The summed E-state index contributed by atoms with van der Waals surface area (Å²) in [5, 5.41) is 53.0. The Morgan fingerprint density at radius 1 is 0.950 bits per heavy atom. The van der Waals surface area contributed by atoms with Gasteiger partial charge in [0.1, 0.15) is 11.5 Å². The third-order valence-corrected chi connectivity index (χ3v) is 3.16. The van der Waals surface area contributed by atoms with Crippen LogP contribution in [0, 0.1) is 5.41 Å². The maximum Gasteiger partial charge on any atom is 0.119 e. The van der Waals surface area contributed by atoms with Crippen LogP contribution in [0.4, 0.5) is 0 Å². The van der Waals surface area contributed by atoms with Crippen molar-refractivity contribution in [1.82, 2.24) is 0 Å². The van der Waals surface area contributed by atoms with Crippen molar-refractivity contribution in [3.05, 3.63) is 23.8 Å². The topological polar surface area (TPSA) is 121 Å². The molecule has 0 amide bonds. The van der Waals surface area contributed by atoms with Gasteiger partial charge in [0.15, 0.2) is 0 Å². The number of phenols is 2. The second-order valence-electron chi connectivity index (χ2n) is 4.79. The second kappa shape index (κ2) is 8.76. The number of aliphatic hydroxyl groups excluding tert-OH is 4. The standard InChI is InChI=1S/C8H10O3.C6H14O3/c1-5(9)6-2-7(10)4-8(11)3-6;1-2-6(3-7,4-8)5-9/h2-5,9-11H,1H3;7-9H,2-5H2,1H3. The van der Waals surface area contributed by atoms with Crippen molar-refractivity contribution in [1.29, 1.82) is 0 Å². The third kappa shape index (κ3) is 5.75. The molecule has 0 heterocycles. The normalized spacial score (nSPS) is 12.5. The maximum atomic E-state index is 9.05. The lowest BCUT2D eigenvalue weighted by Gasteiger charge is -2.24. The molecule has 0 aromatic heterocycles. The predicted octanol–water partition coefficient (Wildman–Crippen LogP) is 0.511. The molecule has 1 aromatic rings. The fourth-order valence-corrected chi connectivity index (χ4v) is 1.34. The number of aromatic hydroxyl groups is 2. The van der Waals surface area contributed by atoms with E-state index in [0.717, 1.165) is 0 Å². The zero-order valence-electron chi connectivity index (χ0n) is 11.8. The molecule has 0 saturated carbocycles. The molecular formula is C14H24O6. The highest BCUT2D eigenvalue weighted by atomic mass is 16.3. The van der Waals surface area contributed by atoms with Crippen LogP contribution in [0.1, 0.15) is 31.9 Å². The Morgan fingerprint density at radius 3 is 1.55 bits per heavy atom. The Morgan fingerprint density at radius 2 is 1.35 bits per heavy atom. The molecule has 6 N–H and O–H groups in total. The Balaban J connectivity index is 0.000000370. The first-order valence-corrected chi connectivity index (χ1v) is 6.37. The van der Waals surface area contributed by atoms with E-state index in [0.29, 0.717) is 12.0 Å². The quantitative estimate of drug-likeness (QED) is 0.469. The van der Waals surface area contributed by atoms with Crippen LogP contribution < -0.4 is 0 Å². The van der Waals surface area contributed by atoms with Crippen LogP contribution in [0.2, 0.25) is 0 Å². The van der Waals surface area contributed by atoms with Crippen LogP contribution in [0.5, 0.6) is 11.5 Å². The van der Waals surface area contributed by atoms with Crippen LogP contribution in [-0.2, 0) is 0 Å². The summed E-state index contributed by atoms with van der Waals surface area (Å²) in [5.74, 6) is -0.0817. The molecule has 0 saturated heterocycles. The fraction of sp³-hybridized carbons (Fsp3) is 0.571. The largest absolute Gasteiger partial charge is 0.508 e. The van der Waals surface area contributed by atoms with Gasteiger partial charge in [-0.3, -0.25) is 0 Å². The fourth-order valence-electron chi connectivity index (χ4n) is 1.34. The van der Waals surface area contributed by atoms with Gasteiger partial charge in [0.05, 0.1) is 25.9 Å². The SMILES string of the molecule is CC(O)c1cc(O)cc(O)c1.CCC(CO)(CO)CO. The third-order valence-electron chi connectivity index (χ3n) is 3.16. The van der Waals surface area contributed by atoms with Gasteiger partial charge in [-0.05, 0) is 31.0 Å². The number of hydrogen-bond acceptors (Lipinski definition) is 6. The summed E-state index contributed by atoms with van der Waals surface area (Å²) in [6.45, 7) is 2.92. The lowest BCUT2D eigenvalue weighted by molar-refractivity contribution is 0.00304. The maximum absolute atomic E-state index is 9.05. The van der Waals surface area contributed by atoms with Crippen LogP contribution in [0.3, 0.4) is 0 Å². The van der Waals surface area contributed by atoms with Gasteiger partial charge in [0.25, 0.3) is 0 Å². The molecule has 6 nitrogen and oxygen atoms in total. The van der Waals surface area contributed by atoms with E-state index in [4.69, 9.17) is 30.6 Å². The van der Waals surface area contributed by atoms with E-state index in [2.05, 4.69) is 0 Å². The van der Waals surface area contributed by atoms with E-state index >= 15 is 0 Å². The van der Waals surface area contributed by atoms with Crippen molar-refractivity contribution in [2.45, 2.75) is 26.4 Å². The van der Waals surface area contributed by atoms with Crippen LogP contribution in [0.25, 0.3) is 0 Å². The summed E-state index contributed by atoms with van der Waals surface area (Å²) in [4.78, 5) is 0. The Hall–Kier alpha value is -1.34. The van der Waals surface area contributed by atoms with Gasteiger partial charge in [-0.2, -0.15) is 0 Å². The average molecular weight is 288 g/mol. The van der Waals surface area contributed by atoms with E-state index in [1.54, 1.807) is 6.92 Å². The second-order valence-corrected chi connectivity index (χ2v) is 4.79. The van der Waals surface area contributed by atoms with Gasteiger partial charge in [0, 0.05) is 11.5 Å². The van der Waals surface area contributed by atoms with E-state index in [1.807, 2.05) is 6.92 Å². The van der Waals surface area contributed by atoms with Crippen molar-refractivity contribution in [3.63, 3.8) is 0 Å². The van der Waals surface area contributed by atoms with Gasteiger partial charge in [-0.25, -0.2) is 0 Å². The smallest absolute Gasteiger partial charge is 0.119 e. The van der Waals surface area contributed by atoms with Crippen molar-refractivity contribution in [2.24, 2.45) is 5.41 Å². The van der Waals surface area contributed by atoms with Gasteiger partial charge in [-0.1, -0.05) is 6.92 Å². The zero-order valence-corrected chi connectivity index (χ0v) is 11.8. The summed E-state index contributed by atoms with van der Waals surface area (Å²) in [6, 6.07) is 4.03. The molecule has 1 atom stereocenters. The summed E-state index contributed by atoms with van der Waals surface area (Å²) in [5.41, 5.74) is -0.164. The summed E-state index contributed by atoms with van der Waals surface area (Å²) in [7, 11) is 0. The molecule has 0 fully saturated rings.